The molecule has 3 aliphatic carbocycles. The van der Waals surface area contributed by atoms with Crippen molar-refractivity contribution in [2.45, 2.75) is 129 Å². The molecular weight excluding hydrogens is 300 g/mol. The van der Waals surface area contributed by atoms with Gasteiger partial charge in [0.1, 0.15) is 0 Å². The van der Waals surface area contributed by atoms with Gasteiger partial charge in [0, 0.05) is 0 Å². The molecule has 3 saturated carbocycles. The van der Waals surface area contributed by atoms with E-state index in [1.165, 1.54) is 51.4 Å². The summed E-state index contributed by atoms with van der Waals surface area (Å²) < 4.78 is 0. The normalized spacial score (nSPS) is 34.9. The maximum absolute atomic E-state index is 2.32. The van der Waals surface area contributed by atoms with Crippen LogP contribution in [-0.2, 0) is 0 Å². The molecule has 0 heteroatoms. The summed E-state index contributed by atoms with van der Waals surface area (Å²) in [5, 5.41) is 0. The third-order valence-electron chi connectivity index (χ3n) is 8.41. The van der Waals surface area contributed by atoms with E-state index in [-0.39, 0.29) is 0 Å². The largest absolute Gasteiger partial charge is 0.0654 e. The van der Waals surface area contributed by atoms with Gasteiger partial charge in [0.05, 0.1) is 0 Å². The Kier molecular flexibility index (Phi) is 8.68. The molecule has 0 atom stereocenters. The van der Waals surface area contributed by atoms with Crippen LogP contribution in [0.5, 0.6) is 0 Å². The van der Waals surface area contributed by atoms with Crippen LogP contribution in [0.25, 0.3) is 0 Å². The fraction of sp³-hybridized carbons (Fsp3) is 1.00. The first kappa shape index (κ1) is 19.8. The molecule has 3 fully saturated rings. The fourth-order valence-electron chi connectivity index (χ4n) is 6.68. The Morgan fingerprint density at radius 1 is 0.480 bits per heavy atom. The van der Waals surface area contributed by atoms with Gasteiger partial charge in [-0.05, 0) is 68.1 Å². The summed E-state index contributed by atoms with van der Waals surface area (Å²) in [6.45, 7) is 2.32. The molecule has 3 aliphatic rings. The van der Waals surface area contributed by atoms with Gasteiger partial charge >= 0.3 is 0 Å². The lowest BCUT2D eigenvalue weighted by molar-refractivity contribution is 0.111. The lowest BCUT2D eigenvalue weighted by Crippen LogP contribution is -2.29. The molecule has 0 bridgehead atoms. The van der Waals surface area contributed by atoms with Crippen molar-refractivity contribution in [1.29, 1.82) is 0 Å². The molecule has 3 rings (SSSR count). The van der Waals surface area contributed by atoms with E-state index < -0.39 is 0 Å². The zero-order chi connectivity index (χ0) is 17.3. The molecule has 0 unspecified atom stereocenters. The topological polar surface area (TPSA) is 0 Å². The molecule has 0 aliphatic heterocycles. The summed E-state index contributed by atoms with van der Waals surface area (Å²) in [7, 11) is 0. The molecule has 0 saturated heterocycles. The Labute approximate surface area is 158 Å². The zero-order valence-corrected chi connectivity index (χ0v) is 17.3. The number of hydrogen-bond acceptors (Lipinski definition) is 0. The van der Waals surface area contributed by atoms with Crippen molar-refractivity contribution < 1.29 is 0 Å². The maximum Gasteiger partial charge on any atom is -0.0386 e. The molecule has 146 valence electrons. The molecule has 0 spiro atoms. The molecule has 0 N–H and O–H groups in total. The van der Waals surface area contributed by atoms with Crippen LogP contribution in [0.15, 0.2) is 0 Å². The smallest absolute Gasteiger partial charge is 0.0386 e. The van der Waals surface area contributed by atoms with Crippen LogP contribution in [0.3, 0.4) is 0 Å². The van der Waals surface area contributed by atoms with Crippen molar-refractivity contribution in [2.75, 3.05) is 0 Å². The van der Waals surface area contributed by atoms with Crippen LogP contribution < -0.4 is 0 Å². The second-order valence-corrected chi connectivity index (χ2v) is 10.1. The molecule has 0 aromatic rings. The highest BCUT2D eigenvalue weighted by atomic mass is 14.4. The quantitative estimate of drug-likeness (QED) is 0.386. The van der Waals surface area contributed by atoms with E-state index in [2.05, 4.69) is 6.92 Å². The fourth-order valence-corrected chi connectivity index (χ4v) is 6.68. The highest BCUT2D eigenvalue weighted by Gasteiger charge is 2.33. The molecule has 0 radical (unpaired) electrons. The van der Waals surface area contributed by atoms with E-state index in [0.29, 0.717) is 0 Å². The molecule has 0 aromatic carbocycles. The van der Waals surface area contributed by atoms with E-state index in [1.807, 2.05) is 0 Å². The zero-order valence-electron chi connectivity index (χ0n) is 17.3. The van der Waals surface area contributed by atoms with Crippen molar-refractivity contribution in [3.05, 3.63) is 0 Å². The van der Waals surface area contributed by atoms with E-state index in [0.717, 1.165) is 29.6 Å². The highest BCUT2D eigenvalue weighted by molar-refractivity contribution is 4.84. The molecule has 0 heterocycles. The van der Waals surface area contributed by atoms with Gasteiger partial charge in [0.25, 0.3) is 0 Å². The highest BCUT2D eigenvalue weighted by Crippen LogP contribution is 2.45. The SMILES string of the molecule is CCCCCCCC1CCC(C2CCC(C3CCCCC3)CC2)CC1. The minimum Gasteiger partial charge on any atom is -0.0654 e. The first-order valence-corrected chi connectivity index (χ1v) is 12.4. The predicted octanol–water partition coefficient (Wildman–Crippen LogP) is 8.54. The second kappa shape index (κ2) is 11.0. The summed E-state index contributed by atoms with van der Waals surface area (Å²) in [6, 6.07) is 0. The lowest BCUT2D eigenvalue weighted by Gasteiger charge is -2.40. The summed E-state index contributed by atoms with van der Waals surface area (Å²) in [6.07, 6.45) is 29.3. The average molecular weight is 347 g/mol. The predicted molar refractivity (Wildman–Crippen MR) is 111 cm³/mol. The Morgan fingerprint density at radius 2 is 0.960 bits per heavy atom. The minimum atomic E-state index is 1.09. The molecule has 25 heavy (non-hydrogen) atoms. The molecule has 0 aromatic heterocycles. The first-order chi connectivity index (χ1) is 12.4. The van der Waals surface area contributed by atoms with Gasteiger partial charge in [-0.25, -0.2) is 0 Å². The first-order valence-electron chi connectivity index (χ1n) is 12.4. The third-order valence-corrected chi connectivity index (χ3v) is 8.41. The Morgan fingerprint density at radius 3 is 1.52 bits per heavy atom. The molecular formula is C25H46. The summed E-state index contributed by atoms with van der Waals surface area (Å²) in [4.78, 5) is 0. The monoisotopic (exact) mass is 346 g/mol. The van der Waals surface area contributed by atoms with Gasteiger partial charge in [-0.15, -0.1) is 0 Å². The molecule has 0 amide bonds. The number of hydrogen-bond donors (Lipinski definition) is 0. The van der Waals surface area contributed by atoms with Gasteiger partial charge in [-0.3, -0.25) is 0 Å². The Balaban J connectivity index is 1.28. The second-order valence-electron chi connectivity index (χ2n) is 10.1. The van der Waals surface area contributed by atoms with E-state index >= 15 is 0 Å². The number of rotatable bonds is 8. The van der Waals surface area contributed by atoms with Gasteiger partial charge in [0.2, 0.25) is 0 Å². The summed E-state index contributed by atoms with van der Waals surface area (Å²) >= 11 is 0. The van der Waals surface area contributed by atoms with Gasteiger partial charge in [0.15, 0.2) is 0 Å². The average Bonchev–Trinajstić information content (AvgIpc) is 2.69. The van der Waals surface area contributed by atoms with Crippen LogP contribution in [0.4, 0.5) is 0 Å². The van der Waals surface area contributed by atoms with E-state index in [9.17, 15) is 0 Å². The van der Waals surface area contributed by atoms with E-state index in [1.54, 1.807) is 70.6 Å². The van der Waals surface area contributed by atoms with Crippen molar-refractivity contribution in [3.8, 4) is 0 Å². The van der Waals surface area contributed by atoms with Crippen molar-refractivity contribution in [2.24, 2.45) is 29.6 Å². The molecule has 0 nitrogen and oxygen atoms in total. The standard InChI is InChI=1S/C25H46/c1-2-3-4-5-7-10-21-13-15-23(16-14-21)25-19-17-24(18-20-25)22-11-8-6-9-12-22/h21-25H,2-20H2,1H3. The number of unbranched alkanes of at least 4 members (excludes halogenated alkanes) is 4. The van der Waals surface area contributed by atoms with Crippen molar-refractivity contribution in [3.63, 3.8) is 0 Å². The van der Waals surface area contributed by atoms with Crippen LogP contribution in [0.2, 0.25) is 0 Å². The lowest BCUT2D eigenvalue weighted by atomic mass is 9.65. The minimum absolute atomic E-state index is 1.09. The van der Waals surface area contributed by atoms with E-state index in [4.69, 9.17) is 0 Å². The Hall–Kier alpha value is 0. The van der Waals surface area contributed by atoms with Crippen molar-refractivity contribution in [1.82, 2.24) is 0 Å². The van der Waals surface area contributed by atoms with Crippen LogP contribution in [0.1, 0.15) is 129 Å². The van der Waals surface area contributed by atoms with Crippen LogP contribution in [-0.4, -0.2) is 0 Å². The third kappa shape index (κ3) is 6.28. The van der Waals surface area contributed by atoms with Crippen molar-refractivity contribution >= 4 is 0 Å². The Bertz CT molecular complexity index is 324. The summed E-state index contributed by atoms with van der Waals surface area (Å²) in [5.74, 6) is 5.57. The summed E-state index contributed by atoms with van der Waals surface area (Å²) in [5.41, 5.74) is 0. The van der Waals surface area contributed by atoms with Gasteiger partial charge < -0.3 is 0 Å². The van der Waals surface area contributed by atoms with Gasteiger partial charge in [-0.2, -0.15) is 0 Å². The van der Waals surface area contributed by atoms with Crippen LogP contribution >= 0.6 is 0 Å². The maximum atomic E-state index is 2.32. The van der Waals surface area contributed by atoms with Gasteiger partial charge in [-0.1, -0.05) is 90.4 Å². The van der Waals surface area contributed by atoms with Crippen LogP contribution in [0, 0.1) is 29.6 Å².